The van der Waals surface area contributed by atoms with Gasteiger partial charge in [-0.3, -0.25) is 0 Å². The van der Waals surface area contributed by atoms with E-state index in [1.54, 1.807) is 25.1 Å². The molecule has 5 heteroatoms. The zero-order chi connectivity index (χ0) is 11.9. The van der Waals surface area contributed by atoms with Crippen LogP contribution in [0, 0.1) is 5.82 Å². The summed E-state index contributed by atoms with van der Waals surface area (Å²) >= 11 is 0. The van der Waals surface area contributed by atoms with E-state index >= 15 is 0 Å². The molecule has 0 radical (unpaired) electrons. The van der Waals surface area contributed by atoms with Crippen LogP contribution in [0.15, 0.2) is 22.6 Å². The number of nitrogens with zero attached hydrogens (tertiary/aromatic N) is 1. The molecule has 0 aliphatic rings. The molecular weight excluding hydrogens is 213 g/mol. The molecule has 1 aromatic carbocycles. The SMILES string of the molecule is CN(C)c1cc(F)c2cc(C(O)O)oc2c1. The molecule has 4 nitrogen and oxygen atoms in total. The first-order chi connectivity index (χ1) is 7.49. The molecule has 16 heavy (non-hydrogen) atoms. The number of furan rings is 1. The Morgan fingerprint density at radius 1 is 1.25 bits per heavy atom. The number of rotatable bonds is 2. The quantitative estimate of drug-likeness (QED) is 0.762. The lowest BCUT2D eigenvalue weighted by Gasteiger charge is -2.11. The van der Waals surface area contributed by atoms with Crippen LogP contribution < -0.4 is 4.90 Å². The number of hydrogen-bond donors (Lipinski definition) is 2. The molecule has 86 valence electrons. The predicted molar refractivity (Wildman–Crippen MR) is 57.7 cm³/mol. The maximum Gasteiger partial charge on any atom is 0.212 e. The fourth-order valence-electron chi connectivity index (χ4n) is 1.49. The molecule has 2 aromatic rings. The second kappa shape index (κ2) is 3.77. The van der Waals surface area contributed by atoms with Gasteiger partial charge in [0.15, 0.2) is 5.76 Å². The van der Waals surface area contributed by atoms with Crippen molar-refractivity contribution in [3.05, 3.63) is 29.8 Å². The third kappa shape index (κ3) is 1.75. The number of anilines is 1. The molecule has 0 aliphatic heterocycles. The fourth-order valence-corrected chi connectivity index (χ4v) is 1.49. The van der Waals surface area contributed by atoms with Crippen molar-refractivity contribution in [2.75, 3.05) is 19.0 Å². The van der Waals surface area contributed by atoms with Gasteiger partial charge < -0.3 is 19.5 Å². The van der Waals surface area contributed by atoms with Gasteiger partial charge in [-0.05, 0) is 12.1 Å². The summed E-state index contributed by atoms with van der Waals surface area (Å²) < 4.78 is 18.8. The van der Waals surface area contributed by atoms with Gasteiger partial charge in [0, 0.05) is 25.8 Å². The topological polar surface area (TPSA) is 56.8 Å². The summed E-state index contributed by atoms with van der Waals surface area (Å²) in [5.41, 5.74) is 0.949. The van der Waals surface area contributed by atoms with Crippen molar-refractivity contribution in [1.82, 2.24) is 0 Å². The molecule has 0 saturated heterocycles. The van der Waals surface area contributed by atoms with Crippen molar-refractivity contribution in [3.8, 4) is 0 Å². The summed E-state index contributed by atoms with van der Waals surface area (Å²) in [7, 11) is 3.57. The third-order valence-electron chi connectivity index (χ3n) is 2.36. The summed E-state index contributed by atoms with van der Waals surface area (Å²) in [6.07, 6.45) is -1.73. The smallest absolute Gasteiger partial charge is 0.212 e. The van der Waals surface area contributed by atoms with Crippen molar-refractivity contribution in [1.29, 1.82) is 0 Å². The molecule has 1 heterocycles. The lowest BCUT2D eigenvalue weighted by Crippen LogP contribution is -2.08. The maximum absolute atomic E-state index is 13.6. The second-order valence-electron chi connectivity index (χ2n) is 3.76. The number of halogens is 1. The van der Waals surface area contributed by atoms with Gasteiger partial charge in [0.25, 0.3) is 0 Å². The van der Waals surface area contributed by atoms with E-state index in [0.717, 1.165) is 0 Å². The van der Waals surface area contributed by atoms with Crippen LogP contribution in [-0.4, -0.2) is 24.3 Å². The van der Waals surface area contributed by atoms with Crippen molar-refractivity contribution < 1.29 is 19.0 Å². The Morgan fingerprint density at radius 3 is 2.50 bits per heavy atom. The molecule has 0 bridgehead atoms. The molecule has 0 atom stereocenters. The minimum atomic E-state index is -1.73. The first kappa shape index (κ1) is 10.9. The van der Waals surface area contributed by atoms with Gasteiger partial charge in [0.05, 0.1) is 5.39 Å². The van der Waals surface area contributed by atoms with E-state index in [1.807, 2.05) is 0 Å². The zero-order valence-corrected chi connectivity index (χ0v) is 8.94. The van der Waals surface area contributed by atoms with Crippen LogP contribution in [0.25, 0.3) is 11.0 Å². The Balaban J connectivity index is 2.63. The standard InChI is InChI=1S/C11H12FNO3/c1-13(2)6-3-8(12)7-5-10(11(14)15)16-9(7)4-6/h3-5,11,14-15H,1-2H3. The molecule has 2 N–H and O–H groups in total. The van der Waals surface area contributed by atoms with Crippen molar-refractivity contribution in [2.24, 2.45) is 0 Å². The highest BCUT2D eigenvalue weighted by molar-refractivity contribution is 5.82. The van der Waals surface area contributed by atoms with Crippen LogP contribution in [0.1, 0.15) is 12.1 Å². The number of fused-ring (bicyclic) bond motifs is 1. The number of aliphatic hydroxyl groups excluding tert-OH is 1. The Morgan fingerprint density at radius 2 is 1.94 bits per heavy atom. The number of aliphatic hydroxyl groups is 2. The Bertz CT molecular complexity index is 519. The Hall–Kier alpha value is -1.59. The van der Waals surface area contributed by atoms with Crippen LogP contribution in [0.5, 0.6) is 0 Å². The van der Waals surface area contributed by atoms with Gasteiger partial charge in [-0.15, -0.1) is 0 Å². The van der Waals surface area contributed by atoms with Gasteiger partial charge in [-0.2, -0.15) is 0 Å². The monoisotopic (exact) mass is 225 g/mol. The van der Waals surface area contributed by atoms with Crippen LogP contribution >= 0.6 is 0 Å². The Kier molecular flexibility index (Phi) is 2.57. The second-order valence-corrected chi connectivity index (χ2v) is 3.76. The Labute approximate surface area is 91.5 Å². The molecule has 0 saturated carbocycles. The molecule has 0 amide bonds. The van der Waals surface area contributed by atoms with Gasteiger partial charge in [-0.25, -0.2) is 4.39 Å². The average Bonchev–Trinajstić information content (AvgIpc) is 2.61. The van der Waals surface area contributed by atoms with Crippen molar-refractivity contribution in [3.63, 3.8) is 0 Å². The highest BCUT2D eigenvalue weighted by Gasteiger charge is 2.14. The van der Waals surface area contributed by atoms with E-state index < -0.39 is 12.1 Å². The average molecular weight is 225 g/mol. The van der Waals surface area contributed by atoms with Gasteiger partial charge in [0.2, 0.25) is 6.29 Å². The molecular formula is C11H12FNO3. The predicted octanol–water partition coefficient (Wildman–Crippen LogP) is 1.62. The van der Waals surface area contributed by atoms with Gasteiger partial charge in [-0.1, -0.05) is 0 Å². The number of hydrogen-bond acceptors (Lipinski definition) is 4. The largest absolute Gasteiger partial charge is 0.455 e. The first-order valence-corrected chi connectivity index (χ1v) is 4.75. The summed E-state index contributed by atoms with van der Waals surface area (Å²) in [6.45, 7) is 0. The number of benzene rings is 1. The summed E-state index contributed by atoms with van der Waals surface area (Å²) in [5.74, 6) is -0.512. The minimum absolute atomic E-state index is 0.0650. The highest BCUT2D eigenvalue weighted by Crippen LogP contribution is 2.29. The van der Waals surface area contributed by atoms with E-state index in [4.69, 9.17) is 14.6 Å². The molecule has 0 aliphatic carbocycles. The normalized spacial score (nSPS) is 11.4. The fraction of sp³-hybridized carbons (Fsp3) is 0.273. The summed E-state index contributed by atoms with van der Waals surface area (Å²) in [6, 6.07) is 4.30. The van der Waals surface area contributed by atoms with Crippen molar-refractivity contribution in [2.45, 2.75) is 6.29 Å². The maximum atomic E-state index is 13.6. The van der Waals surface area contributed by atoms with Crippen LogP contribution in [0.4, 0.5) is 10.1 Å². The van der Waals surface area contributed by atoms with Gasteiger partial charge in [0.1, 0.15) is 11.4 Å². The van der Waals surface area contributed by atoms with Crippen LogP contribution in [0.2, 0.25) is 0 Å². The van der Waals surface area contributed by atoms with E-state index in [-0.39, 0.29) is 11.1 Å². The van der Waals surface area contributed by atoms with E-state index in [0.29, 0.717) is 11.3 Å². The third-order valence-corrected chi connectivity index (χ3v) is 2.36. The molecule has 1 aromatic heterocycles. The molecule has 0 fully saturated rings. The van der Waals surface area contributed by atoms with Crippen LogP contribution in [0.3, 0.4) is 0 Å². The molecule has 2 rings (SSSR count). The zero-order valence-electron chi connectivity index (χ0n) is 8.94. The molecule has 0 spiro atoms. The lowest BCUT2D eigenvalue weighted by molar-refractivity contribution is -0.0571. The van der Waals surface area contributed by atoms with E-state index in [1.165, 1.54) is 12.1 Å². The summed E-state index contributed by atoms with van der Waals surface area (Å²) in [4.78, 5) is 1.74. The first-order valence-electron chi connectivity index (χ1n) is 4.75. The minimum Gasteiger partial charge on any atom is -0.455 e. The lowest BCUT2D eigenvalue weighted by atomic mass is 10.2. The van der Waals surface area contributed by atoms with E-state index in [9.17, 15) is 4.39 Å². The van der Waals surface area contributed by atoms with Gasteiger partial charge >= 0.3 is 0 Å². The summed E-state index contributed by atoms with van der Waals surface area (Å²) in [5, 5.41) is 18.1. The van der Waals surface area contributed by atoms with E-state index in [2.05, 4.69) is 0 Å². The highest BCUT2D eigenvalue weighted by atomic mass is 19.1. The molecule has 0 unspecified atom stereocenters. The van der Waals surface area contributed by atoms with Crippen molar-refractivity contribution >= 4 is 16.7 Å². The van der Waals surface area contributed by atoms with Crippen LogP contribution in [-0.2, 0) is 0 Å².